The van der Waals surface area contributed by atoms with Crippen LogP contribution in [0, 0.1) is 6.92 Å². The number of ether oxygens (including phenoxy) is 1. The van der Waals surface area contributed by atoms with Crippen LogP contribution in [0.1, 0.15) is 16.2 Å². The number of carboxylic acids is 1. The summed E-state index contributed by atoms with van der Waals surface area (Å²) in [4.78, 5) is 23.9. The summed E-state index contributed by atoms with van der Waals surface area (Å²) in [5.41, 5.74) is 1.39. The Hall–Kier alpha value is -2.90. The summed E-state index contributed by atoms with van der Waals surface area (Å²) in [6.07, 6.45) is 0. The number of benzene rings is 1. The van der Waals surface area contributed by atoms with Gasteiger partial charge in [-0.25, -0.2) is 4.68 Å². The molecule has 8 heteroatoms. The van der Waals surface area contributed by atoms with Gasteiger partial charge in [0.15, 0.2) is 5.69 Å². The molecule has 0 bridgehead atoms. The number of carboxylic acid groups (broad SMARTS) is 1. The number of hydrogen-bond acceptors (Lipinski definition) is 5. The summed E-state index contributed by atoms with van der Waals surface area (Å²) >= 11 is 0. The van der Waals surface area contributed by atoms with E-state index in [-0.39, 0.29) is 5.69 Å². The molecule has 0 saturated carbocycles. The maximum Gasteiger partial charge on any atom is 0.323 e. The van der Waals surface area contributed by atoms with Gasteiger partial charge in [0.1, 0.15) is 12.3 Å². The van der Waals surface area contributed by atoms with Crippen molar-refractivity contribution in [1.82, 2.24) is 19.9 Å². The van der Waals surface area contributed by atoms with Gasteiger partial charge in [0, 0.05) is 7.05 Å². The second-order valence-corrected chi connectivity index (χ2v) is 4.69. The lowest BCUT2D eigenvalue weighted by Crippen LogP contribution is -2.32. The molecule has 8 nitrogen and oxygen atoms in total. The first-order chi connectivity index (χ1) is 10.4. The molecule has 116 valence electrons. The Morgan fingerprint density at radius 3 is 2.50 bits per heavy atom. The van der Waals surface area contributed by atoms with Gasteiger partial charge in [0.25, 0.3) is 5.91 Å². The minimum Gasteiger partial charge on any atom is -0.497 e. The molecule has 1 N–H and O–H groups in total. The van der Waals surface area contributed by atoms with Gasteiger partial charge in [0.2, 0.25) is 0 Å². The van der Waals surface area contributed by atoms with Gasteiger partial charge < -0.3 is 14.7 Å². The molecule has 1 aromatic carbocycles. The average molecular weight is 304 g/mol. The van der Waals surface area contributed by atoms with Gasteiger partial charge in [-0.3, -0.25) is 9.59 Å². The molecule has 0 aliphatic carbocycles. The summed E-state index contributed by atoms with van der Waals surface area (Å²) in [7, 11) is 2.98. The third-order valence-electron chi connectivity index (χ3n) is 3.13. The van der Waals surface area contributed by atoms with Crippen LogP contribution >= 0.6 is 0 Å². The number of carbonyl (C=O) groups is 2. The summed E-state index contributed by atoms with van der Waals surface area (Å²) in [5, 5.41) is 16.6. The highest BCUT2D eigenvalue weighted by Gasteiger charge is 2.22. The molecule has 0 fully saturated rings. The lowest BCUT2D eigenvalue weighted by atomic mass is 10.2. The minimum atomic E-state index is -1.09. The van der Waals surface area contributed by atoms with Gasteiger partial charge in [-0.1, -0.05) is 5.21 Å². The zero-order valence-corrected chi connectivity index (χ0v) is 12.5. The van der Waals surface area contributed by atoms with Crippen molar-refractivity contribution in [2.75, 3.05) is 20.7 Å². The zero-order chi connectivity index (χ0) is 16.3. The van der Waals surface area contributed by atoms with Gasteiger partial charge >= 0.3 is 5.97 Å². The highest BCUT2D eigenvalue weighted by molar-refractivity contribution is 5.94. The fourth-order valence-electron chi connectivity index (χ4n) is 1.95. The summed E-state index contributed by atoms with van der Waals surface area (Å²) in [5.74, 6) is -0.866. The van der Waals surface area contributed by atoms with Crippen molar-refractivity contribution < 1.29 is 19.4 Å². The van der Waals surface area contributed by atoms with Crippen LogP contribution in [-0.2, 0) is 4.79 Å². The van der Waals surface area contributed by atoms with Crippen LogP contribution in [0.4, 0.5) is 0 Å². The van der Waals surface area contributed by atoms with Crippen LogP contribution in [0.25, 0.3) is 5.69 Å². The van der Waals surface area contributed by atoms with E-state index in [1.54, 1.807) is 38.3 Å². The van der Waals surface area contributed by atoms with Crippen molar-refractivity contribution in [2.24, 2.45) is 0 Å². The predicted molar refractivity (Wildman–Crippen MR) is 77.2 cm³/mol. The second kappa shape index (κ2) is 6.25. The first kappa shape index (κ1) is 15.5. The summed E-state index contributed by atoms with van der Waals surface area (Å²) < 4.78 is 6.60. The smallest absolute Gasteiger partial charge is 0.323 e. The molecule has 22 heavy (non-hydrogen) atoms. The summed E-state index contributed by atoms with van der Waals surface area (Å²) in [6.45, 7) is 1.31. The van der Waals surface area contributed by atoms with E-state index >= 15 is 0 Å². The number of aliphatic carboxylic acids is 1. The molecule has 0 atom stereocenters. The predicted octanol–water partition coefficient (Wildman–Crippen LogP) is 0.741. The Morgan fingerprint density at radius 1 is 1.32 bits per heavy atom. The number of hydrogen-bond donors (Lipinski definition) is 1. The van der Waals surface area contributed by atoms with Crippen molar-refractivity contribution in [3.63, 3.8) is 0 Å². The normalized spacial score (nSPS) is 10.3. The minimum absolute atomic E-state index is 0.125. The van der Waals surface area contributed by atoms with Gasteiger partial charge in [-0.05, 0) is 31.2 Å². The SMILES string of the molecule is COc1ccc(-n2nnc(C(=O)N(C)CC(=O)O)c2C)cc1. The van der Waals surface area contributed by atoms with Crippen molar-refractivity contribution in [1.29, 1.82) is 0 Å². The van der Waals surface area contributed by atoms with Crippen LogP contribution in [0.2, 0.25) is 0 Å². The molecule has 0 spiro atoms. The van der Waals surface area contributed by atoms with Gasteiger partial charge in [-0.15, -0.1) is 5.10 Å². The van der Waals surface area contributed by atoms with Gasteiger partial charge in [0.05, 0.1) is 18.5 Å². The molecule has 0 radical (unpaired) electrons. The molecule has 1 aromatic heterocycles. The van der Waals surface area contributed by atoms with Crippen LogP contribution in [0.15, 0.2) is 24.3 Å². The molecule has 1 amide bonds. The number of aromatic nitrogens is 3. The van der Waals surface area contributed by atoms with E-state index in [1.807, 2.05) is 0 Å². The Bertz CT molecular complexity index is 693. The van der Waals surface area contributed by atoms with E-state index in [1.165, 1.54) is 11.7 Å². The third kappa shape index (κ3) is 3.05. The van der Waals surface area contributed by atoms with Crippen LogP contribution < -0.4 is 4.74 Å². The Kier molecular flexibility index (Phi) is 4.40. The monoisotopic (exact) mass is 304 g/mol. The Labute approximate surface area is 126 Å². The molecular weight excluding hydrogens is 288 g/mol. The summed E-state index contributed by atoms with van der Waals surface area (Å²) in [6, 6.07) is 7.12. The number of amides is 1. The third-order valence-corrected chi connectivity index (χ3v) is 3.13. The Balaban J connectivity index is 2.28. The number of methoxy groups -OCH3 is 1. The number of likely N-dealkylation sites (N-methyl/N-ethyl adjacent to an activating group) is 1. The fourth-order valence-corrected chi connectivity index (χ4v) is 1.95. The first-order valence-electron chi connectivity index (χ1n) is 6.48. The molecular formula is C14H16N4O4. The second-order valence-electron chi connectivity index (χ2n) is 4.69. The standard InChI is InChI=1S/C14H16N4O4/c1-9-13(14(21)17(2)8-12(19)20)15-16-18(9)10-4-6-11(22-3)7-5-10/h4-7H,8H2,1-3H3,(H,19,20). The van der Waals surface area contributed by atoms with Crippen molar-refractivity contribution in [3.8, 4) is 11.4 Å². The zero-order valence-electron chi connectivity index (χ0n) is 12.5. The van der Waals surface area contributed by atoms with Gasteiger partial charge in [-0.2, -0.15) is 0 Å². The molecule has 0 saturated heterocycles. The highest BCUT2D eigenvalue weighted by Crippen LogP contribution is 2.17. The van der Waals surface area contributed by atoms with Crippen molar-refractivity contribution in [2.45, 2.75) is 6.92 Å². The largest absolute Gasteiger partial charge is 0.497 e. The maximum absolute atomic E-state index is 12.2. The first-order valence-corrected chi connectivity index (χ1v) is 6.48. The van der Waals surface area contributed by atoms with E-state index < -0.39 is 18.4 Å². The fraction of sp³-hybridized carbons (Fsp3) is 0.286. The molecule has 0 aliphatic heterocycles. The number of nitrogens with zero attached hydrogens (tertiary/aromatic N) is 4. The van der Waals surface area contributed by atoms with Crippen LogP contribution in [0.3, 0.4) is 0 Å². The van der Waals surface area contributed by atoms with E-state index in [2.05, 4.69) is 10.3 Å². The lowest BCUT2D eigenvalue weighted by Gasteiger charge is -2.13. The van der Waals surface area contributed by atoms with E-state index in [9.17, 15) is 9.59 Å². The van der Waals surface area contributed by atoms with Crippen molar-refractivity contribution in [3.05, 3.63) is 35.7 Å². The van der Waals surface area contributed by atoms with E-state index in [0.717, 1.165) is 10.6 Å². The molecule has 2 rings (SSSR count). The Morgan fingerprint density at radius 2 is 1.95 bits per heavy atom. The van der Waals surface area contributed by atoms with E-state index in [0.29, 0.717) is 11.4 Å². The molecule has 1 heterocycles. The molecule has 0 unspecified atom stereocenters. The average Bonchev–Trinajstić information content (AvgIpc) is 2.87. The maximum atomic E-state index is 12.2. The van der Waals surface area contributed by atoms with Crippen LogP contribution in [0.5, 0.6) is 5.75 Å². The topological polar surface area (TPSA) is 97.5 Å². The highest BCUT2D eigenvalue weighted by atomic mass is 16.5. The van der Waals surface area contributed by atoms with Crippen molar-refractivity contribution >= 4 is 11.9 Å². The number of carbonyl (C=O) groups excluding carboxylic acids is 1. The quantitative estimate of drug-likeness (QED) is 0.875. The number of rotatable bonds is 5. The van der Waals surface area contributed by atoms with E-state index in [4.69, 9.17) is 9.84 Å². The lowest BCUT2D eigenvalue weighted by molar-refractivity contribution is -0.137. The van der Waals surface area contributed by atoms with Crippen LogP contribution in [-0.4, -0.2) is 57.6 Å². The molecule has 2 aromatic rings. The molecule has 0 aliphatic rings.